The minimum Gasteiger partial charge on any atom is -0.490 e. The number of aryl methyl sites for hydroxylation is 1. The Morgan fingerprint density at radius 3 is 2.44 bits per heavy atom. The van der Waals surface area contributed by atoms with Crippen LogP contribution in [0.1, 0.15) is 5.56 Å². The van der Waals surface area contributed by atoms with E-state index in [1.165, 1.54) is 11.9 Å². The van der Waals surface area contributed by atoms with Gasteiger partial charge in [-0.2, -0.15) is 0 Å². The van der Waals surface area contributed by atoms with Crippen molar-refractivity contribution in [3.8, 4) is 22.8 Å². The molecule has 0 aliphatic rings. The van der Waals surface area contributed by atoms with E-state index >= 15 is 0 Å². The molecule has 0 saturated heterocycles. The van der Waals surface area contributed by atoms with Crippen LogP contribution >= 0.6 is 22.9 Å². The topological polar surface area (TPSA) is 44.2 Å². The molecule has 0 radical (unpaired) electrons. The van der Waals surface area contributed by atoms with E-state index in [1.54, 1.807) is 23.5 Å². The summed E-state index contributed by atoms with van der Waals surface area (Å²) < 4.78 is 11.6. The second kappa shape index (κ2) is 7.94. The first-order valence-electron chi connectivity index (χ1n) is 8.51. The van der Waals surface area contributed by atoms with Crippen LogP contribution in [-0.2, 0) is 0 Å². The maximum absolute atomic E-state index is 5.91. The molecule has 0 saturated carbocycles. The molecule has 4 nitrogen and oxygen atoms in total. The van der Waals surface area contributed by atoms with E-state index < -0.39 is 0 Å². The number of thiophene rings is 1. The van der Waals surface area contributed by atoms with Crippen molar-refractivity contribution in [3.63, 3.8) is 0 Å². The van der Waals surface area contributed by atoms with Crippen molar-refractivity contribution in [2.24, 2.45) is 0 Å². The molecule has 2 aromatic heterocycles. The standard InChI is InChI=1S/C21H17ClN2O2S/c1-14-2-4-15(5-3-14)18-12-27-21-19(18)20(23-13-24-21)26-11-10-25-17-8-6-16(22)7-9-17/h2-9,12-13H,10-11H2,1H3. The Morgan fingerprint density at radius 2 is 1.67 bits per heavy atom. The van der Waals surface area contributed by atoms with E-state index in [0.717, 1.165) is 27.1 Å². The number of hydrogen-bond donors (Lipinski definition) is 0. The number of fused-ring (bicyclic) bond motifs is 1. The molecule has 0 N–H and O–H groups in total. The molecule has 0 aliphatic carbocycles. The zero-order valence-electron chi connectivity index (χ0n) is 14.7. The van der Waals surface area contributed by atoms with Gasteiger partial charge in [-0.05, 0) is 36.8 Å². The molecule has 0 fully saturated rings. The van der Waals surface area contributed by atoms with Crippen LogP contribution in [0.2, 0.25) is 5.02 Å². The predicted octanol–water partition coefficient (Wildman–Crippen LogP) is 5.78. The number of aromatic nitrogens is 2. The molecule has 0 unspecified atom stereocenters. The second-order valence-corrected chi connectivity index (χ2v) is 7.32. The maximum atomic E-state index is 5.91. The third-order valence-corrected chi connectivity index (χ3v) is 5.24. The predicted molar refractivity (Wildman–Crippen MR) is 110 cm³/mol. The Hall–Kier alpha value is -2.63. The minimum atomic E-state index is 0.387. The van der Waals surface area contributed by atoms with Gasteiger partial charge in [-0.1, -0.05) is 41.4 Å². The highest BCUT2D eigenvalue weighted by molar-refractivity contribution is 7.17. The number of hydrogen-bond acceptors (Lipinski definition) is 5. The van der Waals surface area contributed by atoms with Crippen molar-refractivity contribution in [1.29, 1.82) is 0 Å². The Bertz CT molecular complexity index is 1050. The lowest BCUT2D eigenvalue weighted by Gasteiger charge is -2.09. The summed E-state index contributed by atoms with van der Waals surface area (Å²) in [4.78, 5) is 9.62. The van der Waals surface area contributed by atoms with Gasteiger partial charge in [0, 0.05) is 16.0 Å². The molecule has 0 aliphatic heterocycles. The van der Waals surface area contributed by atoms with Gasteiger partial charge in [0.15, 0.2) is 0 Å². The van der Waals surface area contributed by atoms with Gasteiger partial charge in [0.25, 0.3) is 0 Å². The average Bonchev–Trinajstić information content (AvgIpc) is 3.12. The van der Waals surface area contributed by atoms with Gasteiger partial charge in [0.1, 0.15) is 30.1 Å². The number of nitrogens with zero attached hydrogens (tertiary/aromatic N) is 2. The molecule has 4 aromatic rings. The molecule has 4 rings (SSSR count). The average molecular weight is 397 g/mol. The van der Waals surface area contributed by atoms with Crippen LogP contribution < -0.4 is 9.47 Å². The van der Waals surface area contributed by atoms with Gasteiger partial charge in [-0.25, -0.2) is 9.97 Å². The monoisotopic (exact) mass is 396 g/mol. The van der Waals surface area contributed by atoms with Gasteiger partial charge in [-0.3, -0.25) is 0 Å². The quantitative estimate of drug-likeness (QED) is 0.387. The van der Waals surface area contributed by atoms with Crippen LogP contribution in [0.3, 0.4) is 0 Å². The molecule has 2 aromatic carbocycles. The van der Waals surface area contributed by atoms with Crippen molar-refractivity contribution in [3.05, 3.63) is 70.8 Å². The molecule has 27 heavy (non-hydrogen) atoms. The SMILES string of the molecule is Cc1ccc(-c2csc3ncnc(OCCOc4ccc(Cl)cc4)c23)cc1. The van der Waals surface area contributed by atoms with Crippen LogP contribution in [0.15, 0.2) is 60.2 Å². The first-order valence-corrected chi connectivity index (χ1v) is 9.77. The summed E-state index contributed by atoms with van der Waals surface area (Å²) in [6.45, 7) is 2.88. The minimum absolute atomic E-state index is 0.387. The molecule has 0 bridgehead atoms. The lowest BCUT2D eigenvalue weighted by molar-refractivity contribution is 0.213. The smallest absolute Gasteiger partial charge is 0.226 e. The normalized spacial score (nSPS) is 10.9. The molecule has 0 amide bonds. The van der Waals surface area contributed by atoms with Crippen molar-refractivity contribution in [2.45, 2.75) is 6.92 Å². The van der Waals surface area contributed by atoms with E-state index in [0.29, 0.717) is 24.1 Å². The molecule has 0 atom stereocenters. The van der Waals surface area contributed by atoms with Crippen molar-refractivity contribution in [2.75, 3.05) is 13.2 Å². The zero-order valence-corrected chi connectivity index (χ0v) is 16.3. The van der Waals surface area contributed by atoms with E-state index in [1.807, 2.05) is 12.1 Å². The lowest BCUT2D eigenvalue weighted by Crippen LogP contribution is -2.10. The maximum Gasteiger partial charge on any atom is 0.226 e. The number of ether oxygens (including phenoxy) is 2. The zero-order chi connectivity index (χ0) is 18.6. The highest BCUT2D eigenvalue weighted by Crippen LogP contribution is 2.37. The van der Waals surface area contributed by atoms with Crippen LogP contribution in [0.25, 0.3) is 21.3 Å². The Morgan fingerprint density at radius 1 is 0.926 bits per heavy atom. The van der Waals surface area contributed by atoms with Crippen LogP contribution in [-0.4, -0.2) is 23.2 Å². The summed E-state index contributed by atoms with van der Waals surface area (Å²) >= 11 is 7.47. The highest BCUT2D eigenvalue weighted by Gasteiger charge is 2.14. The van der Waals surface area contributed by atoms with Crippen LogP contribution in [0.4, 0.5) is 0 Å². The Balaban J connectivity index is 1.50. The summed E-state index contributed by atoms with van der Waals surface area (Å²) in [7, 11) is 0. The van der Waals surface area contributed by atoms with Gasteiger partial charge >= 0.3 is 0 Å². The third kappa shape index (κ3) is 4.04. The van der Waals surface area contributed by atoms with Crippen molar-refractivity contribution in [1.82, 2.24) is 9.97 Å². The fraction of sp³-hybridized carbons (Fsp3) is 0.143. The van der Waals surface area contributed by atoms with E-state index in [4.69, 9.17) is 21.1 Å². The lowest BCUT2D eigenvalue weighted by atomic mass is 10.0. The summed E-state index contributed by atoms with van der Waals surface area (Å²) in [6.07, 6.45) is 1.53. The third-order valence-electron chi connectivity index (χ3n) is 4.10. The fourth-order valence-corrected chi connectivity index (χ4v) is 3.76. The van der Waals surface area contributed by atoms with Crippen LogP contribution in [0, 0.1) is 6.92 Å². The van der Waals surface area contributed by atoms with E-state index in [9.17, 15) is 0 Å². The van der Waals surface area contributed by atoms with Crippen molar-refractivity contribution >= 4 is 33.2 Å². The first kappa shape index (κ1) is 17.8. The largest absolute Gasteiger partial charge is 0.490 e. The van der Waals surface area contributed by atoms with Crippen molar-refractivity contribution < 1.29 is 9.47 Å². The van der Waals surface area contributed by atoms with E-state index in [-0.39, 0.29) is 0 Å². The number of halogens is 1. The van der Waals surface area contributed by atoms with E-state index in [2.05, 4.69) is 46.5 Å². The summed E-state index contributed by atoms with van der Waals surface area (Å²) in [5.41, 5.74) is 3.44. The van der Waals surface area contributed by atoms with Gasteiger partial charge < -0.3 is 9.47 Å². The molecule has 0 spiro atoms. The number of benzene rings is 2. The summed E-state index contributed by atoms with van der Waals surface area (Å²) in [5, 5.41) is 3.72. The summed E-state index contributed by atoms with van der Waals surface area (Å²) in [5.74, 6) is 1.34. The number of rotatable bonds is 6. The molecular formula is C21H17ClN2O2S. The fourth-order valence-electron chi connectivity index (χ4n) is 2.73. The first-order chi connectivity index (χ1) is 13.2. The van der Waals surface area contributed by atoms with Gasteiger partial charge in [-0.15, -0.1) is 11.3 Å². The molecule has 2 heterocycles. The Kier molecular flexibility index (Phi) is 5.23. The Labute approximate surface area is 166 Å². The molecular weight excluding hydrogens is 380 g/mol. The van der Waals surface area contributed by atoms with Crippen LogP contribution in [0.5, 0.6) is 11.6 Å². The molecule has 6 heteroatoms. The van der Waals surface area contributed by atoms with Gasteiger partial charge in [0.05, 0.1) is 5.39 Å². The molecule has 136 valence electrons. The highest BCUT2D eigenvalue weighted by atomic mass is 35.5. The summed E-state index contributed by atoms with van der Waals surface area (Å²) in [6, 6.07) is 15.7. The second-order valence-electron chi connectivity index (χ2n) is 6.03. The van der Waals surface area contributed by atoms with Gasteiger partial charge in [0.2, 0.25) is 5.88 Å².